The molecule has 1 aliphatic heterocycles. The minimum atomic E-state index is -0.396. The molecule has 0 N–H and O–H groups in total. The number of ether oxygens (including phenoxy) is 3. The summed E-state index contributed by atoms with van der Waals surface area (Å²) < 4.78 is 29.5. The Labute approximate surface area is 164 Å². The van der Waals surface area contributed by atoms with Gasteiger partial charge in [0.2, 0.25) is 5.75 Å². The number of amides is 1. The Bertz CT molecular complexity index is 810. The van der Waals surface area contributed by atoms with E-state index >= 15 is 0 Å². The lowest BCUT2D eigenvalue weighted by atomic mass is 10.1. The Morgan fingerprint density at radius 2 is 1.61 bits per heavy atom. The smallest absolute Gasteiger partial charge is 0.254 e. The molecular formula is C21H25FN2O4. The molecular weight excluding hydrogens is 363 g/mol. The number of benzene rings is 2. The number of hydrogen-bond donors (Lipinski definition) is 0. The molecule has 0 atom stereocenters. The molecule has 0 spiro atoms. The van der Waals surface area contributed by atoms with Crippen LogP contribution in [0.15, 0.2) is 36.4 Å². The Hall–Kier alpha value is -2.80. The molecule has 1 fully saturated rings. The summed E-state index contributed by atoms with van der Waals surface area (Å²) in [5.74, 6) is 1.28. The lowest BCUT2D eigenvalue weighted by molar-refractivity contribution is 0.0628. The predicted molar refractivity (Wildman–Crippen MR) is 104 cm³/mol. The van der Waals surface area contributed by atoms with Gasteiger partial charge in [0, 0.05) is 38.3 Å². The van der Waals surface area contributed by atoms with Crippen LogP contribution in [0.4, 0.5) is 4.39 Å². The van der Waals surface area contributed by atoms with Crippen molar-refractivity contribution in [2.24, 2.45) is 0 Å². The van der Waals surface area contributed by atoms with Crippen LogP contribution >= 0.6 is 0 Å². The number of methoxy groups -OCH3 is 3. The van der Waals surface area contributed by atoms with Gasteiger partial charge in [-0.15, -0.1) is 0 Å². The molecule has 6 nitrogen and oxygen atoms in total. The zero-order valence-electron chi connectivity index (χ0n) is 16.4. The van der Waals surface area contributed by atoms with E-state index in [1.54, 1.807) is 38.4 Å². The van der Waals surface area contributed by atoms with Gasteiger partial charge in [0.1, 0.15) is 5.82 Å². The van der Waals surface area contributed by atoms with Crippen molar-refractivity contribution in [2.45, 2.75) is 6.54 Å². The first-order chi connectivity index (χ1) is 13.5. The first-order valence-electron chi connectivity index (χ1n) is 9.11. The van der Waals surface area contributed by atoms with Gasteiger partial charge in [0.05, 0.1) is 21.3 Å². The molecule has 0 aliphatic carbocycles. The van der Waals surface area contributed by atoms with Crippen molar-refractivity contribution in [1.29, 1.82) is 0 Å². The number of halogens is 1. The topological polar surface area (TPSA) is 51.2 Å². The third kappa shape index (κ3) is 4.36. The van der Waals surface area contributed by atoms with Crippen LogP contribution in [0, 0.1) is 5.82 Å². The number of hydrogen-bond acceptors (Lipinski definition) is 5. The van der Waals surface area contributed by atoms with Crippen molar-refractivity contribution in [3.63, 3.8) is 0 Å². The molecule has 1 saturated heterocycles. The molecule has 2 aromatic rings. The van der Waals surface area contributed by atoms with Gasteiger partial charge in [-0.3, -0.25) is 9.69 Å². The summed E-state index contributed by atoms with van der Waals surface area (Å²) >= 11 is 0. The van der Waals surface area contributed by atoms with Gasteiger partial charge in [-0.1, -0.05) is 6.07 Å². The molecule has 28 heavy (non-hydrogen) atoms. The highest BCUT2D eigenvalue weighted by molar-refractivity contribution is 5.94. The summed E-state index contributed by atoms with van der Waals surface area (Å²) in [5.41, 5.74) is 1.43. The van der Waals surface area contributed by atoms with E-state index in [-0.39, 0.29) is 5.91 Å². The Kier molecular flexibility index (Phi) is 6.36. The number of piperazine rings is 1. The Balaban J connectivity index is 1.63. The van der Waals surface area contributed by atoms with Crippen molar-refractivity contribution in [3.8, 4) is 17.2 Å². The fourth-order valence-corrected chi connectivity index (χ4v) is 3.40. The van der Waals surface area contributed by atoms with Gasteiger partial charge < -0.3 is 19.1 Å². The first-order valence-corrected chi connectivity index (χ1v) is 9.11. The van der Waals surface area contributed by atoms with E-state index in [1.807, 2.05) is 12.1 Å². The summed E-state index contributed by atoms with van der Waals surface area (Å²) in [5, 5.41) is 0. The van der Waals surface area contributed by atoms with E-state index in [2.05, 4.69) is 4.90 Å². The van der Waals surface area contributed by atoms with E-state index in [0.29, 0.717) is 42.4 Å². The maximum atomic E-state index is 13.4. The Morgan fingerprint density at radius 1 is 0.964 bits per heavy atom. The molecule has 0 bridgehead atoms. The van der Waals surface area contributed by atoms with E-state index < -0.39 is 5.82 Å². The van der Waals surface area contributed by atoms with E-state index in [1.165, 1.54) is 12.1 Å². The fourth-order valence-electron chi connectivity index (χ4n) is 3.40. The molecule has 0 unspecified atom stereocenters. The highest BCUT2D eigenvalue weighted by atomic mass is 19.1. The largest absolute Gasteiger partial charge is 0.493 e. The summed E-state index contributed by atoms with van der Waals surface area (Å²) in [7, 11) is 4.77. The van der Waals surface area contributed by atoms with Crippen LogP contribution in [0.5, 0.6) is 17.2 Å². The number of rotatable bonds is 6. The number of carbonyl (C=O) groups excluding carboxylic acids is 1. The van der Waals surface area contributed by atoms with Gasteiger partial charge in [0.15, 0.2) is 11.5 Å². The zero-order chi connectivity index (χ0) is 20.1. The van der Waals surface area contributed by atoms with E-state index in [9.17, 15) is 9.18 Å². The number of nitrogens with zero attached hydrogens (tertiary/aromatic N) is 2. The van der Waals surface area contributed by atoms with Crippen molar-refractivity contribution in [3.05, 3.63) is 53.3 Å². The first kappa shape index (κ1) is 19.9. The highest BCUT2D eigenvalue weighted by Crippen LogP contribution is 2.38. The molecule has 1 heterocycles. The SMILES string of the molecule is COc1cc(CN2CCN(C(=O)c3cccc(F)c3)CC2)cc(OC)c1OC. The minimum Gasteiger partial charge on any atom is -0.493 e. The monoisotopic (exact) mass is 388 g/mol. The maximum absolute atomic E-state index is 13.4. The van der Waals surface area contributed by atoms with Crippen molar-refractivity contribution < 1.29 is 23.4 Å². The second kappa shape index (κ2) is 8.93. The normalized spacial score (nSPS) is 14.6. The van der Waals surface area contributed by atoms with Crippen molar-refractivity contribution >= 4 is 5.91 Å². The molecule has 7 heteroatoms. The molecule has 0 aromatic heterocycles. The highest BCUT2D eigenvalue weighted by Gasteiger charge is 2.23. The van der Waals surface area contributed by atoms with Crippen LogP contribution in [-0.2, 0) is 6.54 Å². The van der Waals surface area contributed by atoms with Gasteiger partial charge in [-0.05, 0) is 35.9 Å². The van der Waals surface area contributed by atoms with E-state index in [0.717, 1.165) is 18.7 Å². The van der Waals surface area contributed by atoms with Crippen LogP contribution in [-0.4, -0.2) is 63.2 Å². The average molecular weight is 388 g/mol. The van der Waals surface area contributed by atoms with Crippen LogP contribution in [0.2, 0.25) is 0 Å². The van der Waals surface area contributed by atoms with Crippen LogP contribution in [0.3, 0.4) is 0 Å². The molecule has 0 radical (unpaired) electrons. The minimum absolute atomic E-state index is 0.132. The van der Waals surface area contributed by atoms with Crippen LogP contribution < -0.4 is 14.2 Å². The lowest BCUT2D eigenvalue weighted by Gasteiger charge is -2.35. The van der Waals surface area contributed by atoms with Crippen molar-refractivity contribution in [2.75, 3.05) is 47.5 Å². The second-order valence-corrected chi connectivity index (χ2v) is 6.61. The zero-order valence-corrected chi connectivity index (χ0v) is 16.4. The van der Waals surface area contributed by atoms with Gasteiger partial charge >= 0.3 is 0 Å². The lowest BCUT2D eigenvalue weighted by Crippen LogP contribution is -2.48. The third-order valence-electron chi connectivity index (χ3n) is 4.86. The summed E-state index contributed by atoms with van der Waals surface area (Å²) in [6.45, 7) is 3.37. The second-order valence-electron chi connectivity index (χ2n) is 6.61. The summed E-state index contributed by atoms with van der Waals surface area (Å²) in [6, 6.07) is 9.70. The van der Waals surface area contributed by atoms with E-state index in [4.69, 9.17) is 14.2 Å². The standard InChI is InChI=1S/C21H25FN2O4/c1-26-18-11-15(12-19(27-2)20(18)28-3)14-23-7-9-24(10-8-23)21(25)16-5-4-6-17(22)13-16/h4-6,11-13H,7-10,14H2,1-3H3. The van der Waals surface area contributed by atoms with Gasteiger partial charge in [0.25, 0.3) is 5.91 Å². The molecule has 150 valence electrons. The molecule has 3 rings (SSSR count). The van der Waals surface area contributed by atoms with Crippen LogP contribution in [0.1, 0.15) is 15.9 Å². The molecule has 1 aliphatic rings. The van der Waals surface area contributed by atoms with Gasteiger partial charge in [-0.2, -0.15) is 0 Å². The molecule has 2 aromatic carbocycles. The predicted octanol–water partition coefficient (Wildman–Crippen LogP) is 2.81. The average Bonchev–Trinajstić information content (AvgIpc) is 2.73. The quantitative estimate of drug-likeness (QED) is 0.762. The maximum Gasteiger partial charge on any atom is 0.254 e. The number of carbonyl (C=O) groups is 1. The Morgan fingerprint density at radius 3 is 2.14 bits per heavy atom. The third-order valence-corrected chi connectivity index (χ3v) is 4.86. The van der Waals surface area contributed by atoms with Gasteiger partial charge in [-0.25, -0.2) is 4.39 Å². The summed E-state index contributed by atoms with van der Waals surface area (Å²) in [4.78, 5) is 16.6. The fraction of sp³-hybridized carbons (Fsp3) is 0.381. The molecule has 0 saturated carbocycles. The van der Waals surface area contributed by atoms with Crippen molar-refractivity contribution in [1.82, 2.24) is 9.80 Å². The summed E-state index contributed by atoms with van der Waals surface area (Å²) in [6.07, 6.45) is 0. The molecule has 1 amide bonds. The van der Waals surface area contributed by atoms with Crippen LogP contribution in [0.25, 0.3) is 0 Å².